The number of methoxy groups -OCH3 is 1. The molecule has 0 rings (SSSR count). The van der Waals surface area contributed by atoms with Crippen molar-refractivity contribution in [3.05, 3.63) is 0 Å². The summed E-state index contributed by atoms with van der Waals surface area (Å²) in [5, 5.41) is 2.66. The third-order valence-electron chi connectivity index (χ3n) is 1.39. The van der Waals surface area contributed by atoms with Gasteiger partial charge >= 0.3 is 0 Å². The second-order valence-corrected chi connectivity index (χ2v) is 2.69. The maximum absolute atomic E-state index is 10.5. The molecule has 1 amide bonds. The zero-order chi connectivity index (χ0) is 11.6. The highest BCUT2D eigenvalue weighted by Gasteiger charge is 2.06. The minimum absolute atomic E-state index is 0.0242. The molecule has 0 aliphatic heterocycles. The van der Waals surface area contributed by atoms with Gasteiger partial charge in [0.2, 0.25) is 5.91 Å². The number of nitrogens with one attached hydrogen (secondary N) is 1. The van der Waals surface area contributed by atoms with Crippen molar-refractivity contribution < 1.29 is 14.3 Å². The van der Waals surface area contributed by atoms with Crippen LogP contribution in [0.15, 0.2) is 0 Å². The van der Waals surface area contributed by atoms with Crippen molar-refractivity contribution in [3.63, 3.8) is 0 Å². The first kappa shape index (κ1) is 15.8. The lowest BCUT2D eigenvalue weighted by atomic mass is 10.4. The first-order valence-electron chi connectivity index (χ1n) is 4.99. The maximum Gasteiger partial charge on any atom is 0.216 e. The molecule has 0 aliphatic rings. The summed E-state index contributed by atoms with van der Waals surface area (Å²) in [6.07, 6.45) is -0.252. The molecule has 0 aromatic heterocycles. The molecule has 0 fully saturated rings. The fourth-order valence-corrected chi connectivity index (χ4v) is 0.718. The van der Waals surface area contributed by atoms with Crippen molar-refractivity contribution in [2.45, 2.75) is 47.0 Å². The highest BCUT2D eigenvalue weighted by Crippen LogP contribution is 1.96. The predicted molar refractivity (Wildman–Crippen MR) is 57.0 cm³/mol. The highest BCUT2D eigenvalue weighted by molar-refractivity contribution is 5.72. The Morgan fingerprint density at radius 2 is 1.86 bits per heavy atom. The average molecular weight is 205 g/mol. The van der Waals surface area contributed by atoms with Crippen LogP contribution in [0.5, 0.6) is 0 Å². The topological polar surface area (TPSA) is 47.6 Å². The molecule has 0 heterocycles. The molecule has 14 heavy (non-hydrogen) atoms. The number of ether oxygens (including phenoxy) is 2. The van der Waals surface area contributed by atoms with Gasteiger partial charge in [-0.15, -0.1) is 0 Å². The quantitative estimate of drug-likeness (QED) is 0.693. The van der Waals surface area contributed by atoms with E-state index >= 15 is 0 Å². The minimum atomic E-state index is -0.228. The lowest BCUT2D eigenvalue weighted by Crippen LogP contribution is -2.32. The van der Waals surface area contributed by atoms with Crippen LogP contribution in [0.25, 0.3) is 0 Å². The van der Waals surface area contributed by atoms with Crippen LogP contribution in [0.2, 0.25) is 0 Å². The van der Waals surface area contributed by atoms with Crippen molar-refractivity contribution in [2.24, 2.45) is 0 Å². The van der Waals surface area contributed by atoms with Crippen molar-refractivity contribution >= 4 is 5.91 Å². The average Bonchev–Trinajstić information content (AvgIpc) is 2.17. The molecule has 2 atom stereocenters. The van der Waals surface area contributed by atoms with Crippen LogP contribution in [-0.4, -0.2) is 32.0 Å². The van der Waals surface area contributed by atoms with E-state index in [1.165, 1.54) is 6.92 Å². The summed E-state index contributed by atoms with van der Waals surface area (Å²) in [5.41, 5.74) is 0. The summed E-state index contributed by atoms with van der Waals surface area (Å²) in [6.45, 7) is 9.69. The van der Waals surface area contributed by atoms with Crippen LogP contribution in [0.4, 0.5) is 0 Å². The molecule has 0 bridgehead atoms. The van der Waals surface area contributed by atoms with E-state index in [2.05, 4.69) is 5.32 Å². The van der Waals surface area contributed by atoms with Gasteiger partial charge < -0.3 is 14.8 Å². The Morgan fingerprint density at radius 3 is 2.21 bits per heavy atom. The second kappa shape index (κ2) is 10.5. The number of amides is 1. The van der Waals surface area contributed by atoms with E-state index in [9.17, 15) is 4.79 Å². The van der Waals surface area contributed by atoms with E-state index in [-0.39, 0.29) is 18.3 Å². The first-order chi connectivity index (χ1) is 6.56. The molecule has 0 aromatic rings. The van der Waals surface area contributed by atoms with E-state index in [4.69, 9.17) is 9.47 Å². The van der Waals surface area contributed by atoms with Crippen LogP contribution in [-0.2, 0) is 14.3 Å². The number of hydrogen-bond acceptors (Lipinski definition) is 3. The van der Waals surface area contributed by atoms with Crippen LogP contribution < -0.4 is 5.32 Å². The van der Waals surface area contributed by atoms with Gasteiger partial charge in [-0.25, -0.2) is 0 Å². The van der Waals surface area contributed by atoms with Crippen LogP contribution in [0.1, 0.15) is 34.6 Å². The summed E-state index contributed by atoms with van der Waals surface area (Å²) in [5.74, 6) is -0.0458. The number of carbonyl (C=O) groups is 1. The molecule has 4 nitrogen and oxygen atoms in total. The molecular weight excluding hydrogens is 182 g/mol. The Balaban J connectivity index is 0. The third-order valence-corrected chi connectivity index (χ3v) is 1.39. The van der Waals surface area contributed by atoms with Crippen molar-refractivity contribution in [2.75, 3.05) is 13.7 Å². The van der Waals surface area contributed by atoms with E-state index < -0.39 is 0 Å². The van der Waals surface area contributed by atoms with E-state index in [1.807, 2.05) is 27.7 Å². The summed E-state index contributed by atoms with van der Waals surface area (Å²) in [4.78, 5) is 10.5. The Kier molecular flexibility index (Phi) is 11.9. The molecule has 0 saturated heterocycles. The summed E-state index contributed by atoms with van der Waals surface area (Å²) >= 11 is 0. The second-order valence-electron chi connectivity index (χ2n) is 2.69. The molecule has 4 heteroatoms. The number of rotatable bonds is 5. The Labute approximate surface area is 87.0 Å². The van der Waals surface area contributed by atoms with Gasteiger partial charge in [0.05, 0.1) is 6.10 Å². The fraction of sp³-hybridized carbons (Fsp3) is 0.900. The molecule has 1 N–H and O–H groups in total. The predicted octanol–water partition coefficient (Wildman–Crippen LogP) is 1.55. The minimum Gasteiger partial charge on any atom is -0.356 e. The van der Waals surface area contributed by atoms with E-state index in [1.54, 1.807) is 7.11 Å². The Bertz CT molecular complexity index is 139. The molecule has 0 aromatic carbocycles. The largest absolute Gasteiger partial charge is 0.356 e. The normalized spacial score (nSPS) is 13.6. The van der Waals surface area contributed by atoms with Crippen LogP contribution in [0.3, 0.4) is 0 Å². The lowest BCUT2D eigenvalue weighted by molar-refractivity contribution is -0.140. The van der Waals surface area contributed by atoms with Gasteiger partial charge in [-0.1, -0.05) is 13.8 Å². The number of carbonyl (C=O) groups excluding carboxylic acids is 1. The highest BCUT2D eigenvalue weighted by atomic mass is 16.7. The smallest absolute Gasteiger partial charge is 0.216 e. The number of hydrogen-bond donors (Lipinski definition) is 1. The van der Waals surface area contributed by atoms with E-state index in [0.717, 1.165) is 0 Å². The van der Waals surface area contributed by atoms with Gasteiger partial charge in [0.1, 0.15) is 0 Å². The van der Waals surface area contributed by atoms with Crippen LogP contribution >= 0.6 is 0 Å². The molecular formula is C10H23NO3. The van der Waals surface area contributed by atoms with Crippen molar-refractivity contribution in [3.8, 4) is 0 Å². The molecule has 0 aliphatic carbocycles. The first-order valence-corrected chi connectivity index (χ1v) is 4.99. The monoisotopic (exact) mass is 205 g/mol. The van der Waals surface area contributed by atoms with Crippen LogP contribution in [0, 0.1) is 0 Å². The summed E-state index contributed by atoms with van der Waals surface area (Å²) < 4.78 is 10.2. The molecule has 0 spiro atoms. The molecule has 2 unspecified atom stereocenters. The van der Waals surface area contributed by atoms with Gasteiger partial charge in [0, 0.05) is 20.6 Å². The third kappa shape index (κ3) is 11.4. The lowest BCUT2D eigenvalue weighted by Gasteiger charge is -2.17. The Hall–Kier alpha value is -0.610. The van der Waals surface area contributed by atoms with Crippen molar-refractivity contribution in [1.29, 1.82) is 0 Å². The SMILES string of the molecule is CC.COC(C)OC(C)CNC(C)=O. The maximum atomic E-state index is 10.5. The Morgan fingerprint density at radius 1 is 1.36 bits per heavy atom. The zero-order valence-corrected chi connectivity index (χ0v) is 10.1. The van der Waals surface area contributed by atoms with E-state index in [0.29, 0.717) is 6.54 Å². The van der Waals surface area contributed by atoms with Gasteiger partial charge in [0.15, 0.2) is 6.29 Å². The standard InChI is InChI=1S/C8H17NO3.C2H6/c1-6(5-9-7(2)10)12-8(3)11-4;1-2/h6,8H,5H2,1-4H3,(H,9,10);1-2H3. The molecule has 86 valence electrons. The molecule has 0 radical (unpaired) electrons. The van der Waals surface area contributed by atoms with Crippen molar-refractivity contribution in [1.82, 2.24) is 5.32 Å². The molecule has 0 saturated carbocycles. The summed E-state index contributed by atoms with van der Waals surface area (Å²) in [7, 11) is 1.58. The fourth-order valence-electron chi connectivity index (χ4n) is 0.718. The van der Waals surface area contributed by atoms with Gasteiger partial charge in [0.25, 0.3) is 0 Å². The van der Waals surface area contributed by atoms with Gasteiger partial charge in [-0.05, 0) is 13.8 Å². The summed E-state index contributed by atoms with van der Waals surface area (Å²) in [6, 6.07) is 0. The van der Waals surface area contributed by atoms with Gasteiger partial charge in [-0.2, -0.15) is 0 Å². The zero-order valence-electron chi connectivity index (χ0n) is 10.1. The van der Waals surface area contributed by atoms with Gasteiger partial charge in [-0.3, -0.25) is 4.79 Å².